The van der Waals surface area contributed by atoms with Crippen molar-refractivity contribution < 1.29 is 13.2 Å². The van der Waals surface area contributed by atoms with Gasteiger partial charge in [0.1, 0.15) is 0 Å². The molecule has 0 amide bonds. The lowest BCUT2D eigenvalue weighted by molar-refractivity contribution is -0.138. The molecule has 0 saturated carbocycles. The van der Waals surface area contributed by atoms with Crippen molar-refractivity contribution in [2.24, 2.45) is 15.7 Å². The molecular formula is C40H44F3N5. The molecule has 1 unspecified atom stereocenters. The second-order valence-electron chi connectivity index (χ2n) is 12.6. The normalized spacial score (nSPS) is 17.0. The van der Waals surface area contributed by atoms with Gasteiger partial charge in [0.15, 0.2) is 0 Å². The van der Waals surface area contributed by atoms with Gasteiger partial charge in [-0.3, -0.25) is 14.9 Å². The Bertz CT molecular complexity index is 1770. The largest absolute Gasteiger partial charge is 0.416 e. The van der Waals surface area contributed by atoms with Gasteiger partial charge in [-0.25, -0.2) is 0 Å². The van der Waals surface area contributed by atoms with Crippen LogP contribution in [0.4, 0.5) is 24.5 Å². The third kappa shape index (κ3) is 9.05. The van der Waals surface area contributed by atoms with Crippen LogP contribution >= 0.6 is 0 Å². The maximum atomic E-state index is 14.2. The predicted octanol–water partition coefficient (Wildman–Crippen LogP) is 9.39. The van der Waals surface area contributed by atoms with Gasteiger partial charge in [-0.2, -0.15) is 13.2 Å². The number of alkyl halides is 3. The fraction of sp³-hybridized carbons (Fsp3) is 0.350. The molecule has 5 nitrogen and oxygen atoms in total. The molecule has 2 aliphatic heterocycles. The lowest BCUT2D eigenvalue weighted by atomic mass is 9.87. The Hall–Kier alpha value is -4.61. The van der Waals surface area contributed by atoms with Gasteiger partial charge in [0.05, 0.1) is 11.3 Å². The molecule has 8 heteroatoms. The Balaban J connectivity index is 1.29. The summed E-state index contributed by atoms with van der Waals surface area (Å²) in [7, 11) is 1.74. The third-order valence-corrected chi connectivity index (χ3v) is 9.11. The molecule has 3 aromatic carbocycles. The summed E-state index contributed by atoms with van der Waals surface area (Å²) in [6, 6.07) is 16.4. The first-order valence-electron chi connectivity index (χ1n) is 16.7. The summed E-state index contributed by atoms with van der Waals surface area (Å²) < 4.78 is 42.6. The average Bonchev–Trinajstić information content (AvgIpc) is 3.35. The van der Waals surface area contributed by atoms with E-state index in [-0.39, 0.29) is 0 Å². The first kappa shape index (κ1) is 34.7. The van der Waals surface area contributed by atoms with E-state index in [0.717, 1.165) is 86.0 Å². The van der Waals surface area contributed by atoms with Crippen molar-refractivity contribution in [1.29, 1.82) is 0 Å². The highest BCUT2D eigenvalue weighted by molar-refractivity contribution is 5.78. The molecule has 5 rings (SSSR count). The van der Waals surface area contributed by atoms with Crippen LogP contribution in [0.3, 0.4) is 0 Å². The van der Waals surface area contributed by atoms with Gasteiger partial charge in [-0.1, -0.05) is 55.5 Å². The summed E-state index contributed by atoms with van der Waals surface area (Å²) in [5.41, 5.74) is 12.8. The van der Waals surface area contributed by atoms with Crippen LogP contribution in [0.2, 0.25) is 0 Å². The third-order valence-electron chi connectivity index (χ3n) is 9.11. The van der Waals surface area contributed by atoms with Crippen molar-refractivity contribution in [2.45, 2.75) is 70.5 Å². The Labute approximate surface area is 282 Å². The van der Waals surface area contributed by atoms with Crippen molar-refractivity contribution in [1.82, 2.24) is 4.90 Å². The highest BCUT2D eigenvalue weighted by Gasteiger charge is 2.34. The van der Waals surface area contributed by atoms with E-state index in [2.05, 4.69) is 44.7 Å². The molecule has 1 saturated heterocycles. The molecule has 1 fully saturated rings. The minimum absolute atomic E-state index is 0.300. The van der Waals surface area contributed by atoms with E-state index < -0.39 is 11.7 Å². The number of nitrogens with one attached hydrogen (secondary N) is 1. The highest BCUT2D eigenvalue weighted by Crippen LogP contribution is 2.37. The van der Waals surface area contributed by atoms with Crippen LogP contribution in [-0.2, 0) is 12.7 Å². The number of allylic oxidation sites excluding steroid dienone is 1. The molecule has 0 bridgehead atoms. The van der Waals surface area contributed by atoms with E-state index in [0.29, 0.717) is 35.0 Å². The van der Waals surface area contributed by atoms with Gasteiger partial charge in [0.25, 0.3) is 0 Å². The Morgan fingerprint density at radius 1 is 1.06 bits per heavy atom. The van der Waals surface area contributed by atoms with Gasteiger partial charge < -0.3 is 11.1 Å². The number of likely N-dealkylation sites (tertiary alicyclic amines) is 1. The zero-order valence-electron chi connectivity index (χ0n) is 27.8. The number of aliphatic imine (C=N–C) groups is 2. The number of halogens is 3. The van der Waals surface area contributed by atoms with E-state index in [9.17, 15) is 13.2 Å². The number of benzene rings is 3. The SMILES string of the molecule is C=C(Nc1ccc(C)c(C#Cc2ccc3c(c2)N=CCC3CCC(C=NC)=CN)c1)c1ccc(CN2CCCCCC2)c(C(F)(F)F)c1. The molecule has 1 atom stereocenters. The molecule has 3 N–H and O–H groups in total. The number of anilines is 1. The summed E-state index contributed by atoms with van der Waals surface area (Å²) in [4.78, 5) is 10.9. The van der Waals surface area contributed by atoms with Crippen LogP contribution in [0.1, 0.15) is 89.8 Å². The zero-order chi connectivity index (χ0) is 34.1. The van der Waals surface area contributed by atoms with Crippen molar-refractivity contribution >= 4 is 29.5 Å². The number of hydrogen-bond acceptors (Lipinski definition) is 5. The smallest absolute Gasteiger partial charge is 0.404 e. The van der Waals surface area contributed by atoms with E-state index in [1.165, 1.54) is 11.6 Å². The van der Waals surface area contributed by atoms with Crippen molar-refractivity contribution in [3.63, 3.8) is 0 Å². The average molecular weight is 652 g/mol. The summed E-state index contributed by atoms with van der Waals surface area (Å²) in [5, 5.41) is 3.21. The predicted molar refractivity (Wildman–Crippen MR) is 193 cm³/mol. The lowest BCUT2D eigenvalue weighted by Gasteiger charge is -2.23. The summed E-state index contributed by atoms with van der Waals surface area (Å²) in [6.45, 7) is 8.02. The minimum Gasteiger partial charge on any atom is -0.404 e. The molecule has 0 aliphatic carbocycles. The van der Waals surface area contributed by atoms with E-state index in [1.807, 2.05) is 43.5 Å². The number of nitrogens with two attached hydrogens (primary N) is 1. The van der Waals surface area contributed by atoms with Crippen LogP contribution < -0.4 is 11.1 Å². The van der Waals surface area contributed by atoms with E-state index in [4.69, 9.17) is 5.73 Å². The topological polar surface area (TPSA) is 66.0 Å². The maximum Gasteiger partial charge on any atom is 0.416 e. The first-order valence-corrected chi connectivity index (χ1v) is 16.7. The maximum absolute atomic E-state index is 14.2. The van der Waals surface area contributed by atoms with Gasteiger partial charge in [-0.15, -0.1) is 0 Å². The monoisotopic (exact) mass is 651 g/mol. The molecular weight excluding hydrogens is 607 g/mol. The van der Waals surface area contributed by atoms with Gasteiger partial charge >= 0.3 is 6.18 Å². The number of aryl methyl sites for hydroxylation is 1. The second kappa shape index (κ2) is 16.0. The molecule has 2 aliphatic rings. The zero-order valence-corrected chi connectivity index (χ0v) is 27.8. The highest BCUT2D eigenvalue weighted by atomic mass is 19.4. The van der Waals surface area contributed by atoms with E-state index in [1.54, 1.807) is 31.6 Å². The first-order chi connectivity index (χ1) is 23.1. The van der Waals surface area contributed by atoms with Crippen LogP contribution in [0, 0.1) is 18.8 Å². The standard InChI is InChI=1S/C40H44F3N5/c1-28-8-16-36(47-29(2)34-14-15-35(38(24-34)40(41,42)43)27-48-20-6-4-5-7-21-48)23-33(28)13-9-30-11-17-37-32(18-19-46-39(37)22-30)12-10-31(25-44)26-45-3/h8,11,14-17,19,22-26,32,47H,2,4-7,10,12,18,20-21,27,44H2,1,3H3. The summed E-state index contributed by atoms with van der Waals surface area (Å²) >= 11 is 0. The molecule has 0 radical (unpaired) electrons. The Kier molecular flexibility index (Phi) is 11.6. The fourth-order valence-electron chi connectivity index (χ4n) is 6.38. The number of hydrogen-bond donors (Lipinski definition) is 2. The lowest BCUT2D eigenvalue weighted by Crippen LogP contribution is -2.25. The summed E-state index contributed by atoms with van der Waals surface area (Å²) in [5.74, 6) is 6.91. The molecule has 2 heterocycles. The van der Waals surface area contributed by atoms with Crippen LogP contribution in [-0.4, -0.2) is 37.5 Å². The Morgan fingerprint density at radius 2 is 1.85 bits per heavy atom. The molecule has 0 aromatic heterocycles. The number of rotatable bonds is 9. The number of fused-ring (bicyclic) bond motifs is 1. The quantitative estimate of drug-likeness (QED) is 0.179. The Morgan fingerprint density at radius 3 is 2.58 bits per heavy atom. The van der Waals surface area contributed by atoms with Gasteiger partial charge in [0.2, 0.25) is 0 Å². The molecule has 250 valence electrons. The second-order valence-corrected chi connectivity index (χ2v) is 12.6. The fourth-order valence-corrected chi connectivity index (χ4v) is 6.38. The minimum atomic E-state index is -4.46. The number of nitrogens with zero attached hydrogens (tertiary/aromatic N) is 3. The van der Waals surface area contributed by atoms with Crippen LogP contribution in [0.25, 0.3) is 5.70 Å². The summed E-state index contributed by atoms with van der Waals surface area (Å²) in [6.07, 6.45) is 7.92. The van der Waals surface area contributed by atoms with Crippen LogP contribution in [0.5, 0.6) is 0 Å². The molecule has 48 heavy (non-hydrogen) atoms. The van der Waals surface area contributed by atoms with Gasteiger partial charge in [-0.05, 0) is 122 Å². The van der Waals surface area contributed by atoms with Crippen molar-refractivity contribution in [2.75, 3.05) is 25.5 Å². The molecule has 3 aromatic rings. The van der Waals surface area contributed by atoms with Crippen LogP contribution in [0.15, 0.2) is 82.9 Å². The van der Waals surface area contributed by atoms with Crippen molar-refractivity contribution in [3.05, 3.63) is 112 Å². The van der Waals surface area contributed by atoms with Gasteiger partial charge in [0, 0.05) is 48.5 Å². The van der Waals surface area contributed by atoms with Crippen molar-refractivity contribution in [3.8, 4) is 11.8 Å². The molecule has 0 spiro atoms. The van der Waals surface area contributed by atoms with E-state index >= 15 is 0 Å².